The molecule has 98 valence electrons. The molecule has 0 radical (unpaired) electrons. The smallest absolute Gasteiger partial charge is 0.161 e. The van der Waals surface area contributed by atoms with Crippen LogP contribution in [0.4, 0.5) is 0 Å². The molecule has 1 aliphatic rings. The fourth-order valence-electron chi connectivity index (χ4n) is 2.15. The highest BCUT2D eigenvalue weighted by Gasteiger charge is 2.22. The highest BCUT2D eigenvalue weighted by molar-refractivity contribution is 5.94. The number of methoxy groups -OCH3 is 1. The van der Waals surface area contributed by atoms with Crippen LogP contribution < -0.4 is 9.47 Å². The molecule has 1 aromatic rings. The number of benzene rings is 1. The molecule has 0 aliphatic carbocycles. The lowest BCUT2D eigenvalue weighted by Crippen LogP contribution is -2.21. The molecule has 0 N–H and O–H groups in total. The minimum atomic E-state index is 0.0282. The zero-order chi connectivity index (χ0) is 13.1. The average molecular weight is 249 g/mol. The van der Waals surface area contributed by atoms with Crippen LogP contribution in [0.2, 0.25) is 0 Å². The van der Waals surface area contributed by atoms with E-state index in [0.29, 0.717) is 17.1 Å². The standard InChI is InChI=1S/C14H19NO3/c1-10(16)11-4-5-13(14(8-11)17-3)18-12-6-7-15(2)9-12/h4-5,8,12H,6-7,9H2,1-3H3. The molecule has 0 saturated carbocycles. The molecule has 1 aromatic carbocycles. The molecule has 4 heteroatoms. The summed E-state index contributed by atoms with van der Waals surface area (Å²) in [4.78, 5) is 13.5. The van der Waals surface area contributed by atoms with Gasteiger partial charge in [-0.25, -0.2) is 0 Å². The summed E-state index contributed by atoms with van der Waals surface area (Å²) in [5.41, 5.74) is 0.641. The number of carbonyl (C=O) groups excluding carboxylic acids is 1. The number of ether oxygens (including phenoxy) is 2. The van der Waals surface area contributed by atoms with Crippen molar-refractivity contribution in [2.45, 2.75) is 19.4 Å². The molecule has 0 aromatic heterocycles. The number of carbonyl (C=O) groups is 1. The Bertz CT molecular complexity index is 445. The molecule has 0 amide bonds. The Labute approximate surface area is 107 Å². The number of ketones is 1. The maximum Gasteiger partial charge on any atom is 0.161 e. The Morgan fingerprint density at radius 3 is 2.72 bits per heavy atom. The van der Waals surface area contributed by atoms with Gasteiger partial charge in [0.25, 0.3) is 0 Å². The second kappa shape index (κ2) is 5.40. The summed E-state index contributed by atoms with van der Waals surface area (Å²) < 4.78 is 11.2. The van der Waals surface area contributed by atoms with E-state index in [-0.39, 0.29) is 11.9 Å². The van der Waals surface area contributed by atoms with Crippen LogP contribution in [0.5, 0.6) is 11.5 Å². The molecule has 0 bridgehead atoms. The van der Waals surface area contributed by atoms with Crippen molar-refractivity contribution >= 4 is 5.78 Å². The van der Waals surface area contributed by atoms with Gasteiger partial charge in [-0.1, -0.05) is 0 Å². The van der Waals surface area contributed by atoms with E-state index in [9.17, 15) is 4.79 Å². The lowest BCUT2D eigenvalue weighted by Gasteiger charge is -2.16. The van der Waals surface area contributed by atoms with Gasteiger partial charge in [-0.3, -0.25) is 4.79 Å². The van der Waals surface area contributed by atoms with E-state index in [1.807, 2.05) is 6.07 Å². The van der Waals surface area contributed by atoms with Crippen LogP contribution in [0.3, 0.4) is 0 Å². The van der Waals surface area contributed by atoms with Gasteiger partial charge in [0.1, 0.15) is 6.10 Å². The summed E-state index contributed by atoms with van der Waals surface area (Å²) in [5, 5.41) is 0. The van der Waals surface area contributed by atoms with Gasteiger partial charge in [0.2, 0.25) is 0 Å². The molecule has 1 unspecified atom stereocenters. The largest absolute Gasteiger partial charge is 0.493 e. The highest BCUT2D eigenvalue weighted by atomic mass is 16.5. The fraction of sp³-hybridized carbons (Fsp3) is 0.500. The van der Waals surface area contributed by atoms with Gasteiger partial charge in [-0.05, 0) is 38.6 Å². The van der Waals surface area contributed by atoms with Crippen LogP contribution in [0.25, 0.3) is 0 Å². The van der Waals surface area contributed by atoms with Crippen molar-refractivity contribution in [1.29, 1.82) is 0 Å². The molecule has 18 heavy (non-hydrogen) atoms. The topological polar surface area (TPSA) is 38.8 Å². The first-order chi connectivity index (χ1) is 8.60. The van der Waals surface area contributed by atoms with Gasteiger partial charge in [-0.15, -0.1) is 0 Å². The number of likely N-dealkylation sites (tertiary alicyclic amines) is 1. The van der Waals surface area contributed by atoms with Crippen LogP contribution in [0, 0.1) is 0 Å². The lowest BCUT2D eigenvalue weighted by atomic mass is 10.1. The minimum Gasteiger partial charge on any atom is -0.493 e. The average Bonchev–Trinajstić information content (AvgIpc) is 2.75. The number of rotatable bonds is 4. The molecule has 2 rings (SSSR count). The number of nitrogens with zero attached hydrogens (tertiary/aromatic N) is 1. The van der Waals surface area contributed by atoms with E-state index in [4.69, 9.17) is 9.47 Å². The molecule has 1 fully saturated rings. The molecule has 0 spiro atoms. The maximum atomic E-state index is 11.3. The Morgan fingerprint density at radius 2 is 2.17 bits per heavy atom. The lowest BCUT2D eigenvalue weighted by molar-refractivity contribution is 0.101. The van der Waals surface area contributed by atoms with Crippen molar-refractivity contribution in [2.24, 2.45) is 0 Å². The van der Waals surface area contributed by atoms with Crippen LogP contribution >= 0.6 is 0 Å². The fourth-order valence-corrected chi connectivity index (χ4v) is 2.15. The summed E-state index contributed by atoms with van der Waals surface area (Å²) in [7, 11) is 3.67. The number of hydrogen-bond donors (Lipinski definition) is 0. The monoisotopic (exact) mass is 249 g/mol. The third-order valence-corrected chi connectivity index (χ3v) is 3.21. The normalized spacial score (nSPS) is 19.8. The van der Waals surface area contributed by atoms with Crippen molar-refractivity contribution in [1.82, 2.24) is 4.90 Å². The van der Waals surface area contributed by atoms with E-state index in [0.717, 1.165) is 19.5 Å². The van der Waals surface area contributed by atoms with E-state index < -0.39 is 0 Å². The van der Waals surface area contributed by atoms with E-state index in [1.54, 1.807) is 26.2 Å². The van der Waals surface area contributed by atoms with E-state index >= 15 is 0 Å². The van der Waals surface area contributed by atoms with Crippen molar-refractivity contribution < 1.29 is 14.3 Å². The summed E-state index contributed by atoms with van der Waals surface area (Å²) in [6.07, 6.45) is 1.22. The molecule has 4 nitrogen and oxygen atoms in total. The molecular formula is C14H19NO3. The number of Topliss-reactive ketones (excluding diaryl/α,β-unsaturated/α-hetero) is 1. The summed E-state index contributed by atoms with van der Waals surface area (Å²) in [5.74, 6) is 1.36. The molecule has 1 heterocycles. The van der Waals surface area contributed by atoms with Crippen molar-refractivity contribution in [3.8, 4) is 11.5 Å². The predicted octanol–water partition coefficient (Wildman–Crippen LogP) is 1.98. The SMILES string of the molecule is COc1cc(C(C)=O)ccc1OC1CCN(C)C1. The van der Waals surface area contributed by atoms with Crippen LogP contribution in [0.1, 0.15) is 23.7 Å². The van der Waals surface area contributed by atoms with Crippen LogP contribution in [0.15, 0.2) is 18.2 Å². The van der Waals surface area contributed by atoms with Crippen molar-refractivity contribution in [3.05, 3.63) is 23.8 Å². The van der Waals surface area contributed by atoms with E-state index in [2.05, 4.69) is 11.9 Å². The number of likely N-dealkylation sites (N-methyl/N-ethyl adjacent to an activating group) is 1. The third kappa shape index (κ3) is 2.82. The van der Waals surface area contributed by atoms with Crippen LogP contribution in [-0.4, -0.2) is 44.0 Å². The Morgan fingerprint density at radius 1 is 1.39 bits per heavy atom. The Hall–Kier alpha value is -1.55. The Balaban J connectivity index is 2.14. The third-order valence-electron chi connectivity index (χ3n) is 3.21. The van der Waals surface area contributed by atoms with Crippen molar-refractivity contribution in [2.75, 3.05) is 27.2 Å². The molecule has 1 saturated heterocycles. The van der Waals surface area contributed by atoms with Crippen LogP contribution in [-0.2, 0) is 0 Å². The zero-order valence-electron chi connectivity index (χ0n) is 11.1. The first-order valence-electron chi connectivity index (χ1n) is 6.14. The van der Waals surface area contributed by atoms with Gasteiger partial charge < -0.3 is 14.4 Å². The first-order valence-corrected chi connectivity index (χ1v) is 6.14. The van der Waals surface area contributed by atoms with Gasteiger partial charge >= 0.3 is 0 Å². The number of hydrogen-bond acceptors (Lipinski definition) is 4. The van der Waals surface area contributed by atoms with E-state index in [1.165, 1.54) is 0 Å². The maximum absolute atomic E-state index is 11.3. The quantitative estimate of drug-likeness (QED) is 0.765. The van der Waals surface area contributed by atoms with Gasteiger partial charge in [0.05, 0.1) is 7.11 Å². The highest BCUT2D eigenvalue weighted by Crippen LogP contribution is 2.30. The second-order valence-corrected chi connectivity index (χ2v) is 4.71. The summed E-state index contributed by atoms with van der Waals surface area (Å²) in [6.45, 7) is 3.53. The summed E-state index contributed by atoms with van der Waals surface area (Å²) in [6, 6.07) is 5.32. The van der Waals surface area contributed by atoms with Gasteiger partial charge in [-0.2, -0.15) is 0 Å². The molecule has 1 aliphatic heterocycles. The second-order valence-electron chi connectivity index (χ2n) is 4.71. The summed E-state index contributed by atoms with van der Waals surface area (Å²) >= 11 is 0. The zero-order valence-corrected chi connectivity index (χ0v) is 11.1. The minimum absolute atomic E-state index is 0.0282. The van der Waals surface area contributed by atoms with Crippen molar-refractivity contribution in [3.63, 3.8) is 0 Å². The first kappa shape index (κ1) is 12.9. The van der Waals surface area contributed by atoms with Gasteiger partial charge in [0, 0.05) is 18.7 Å². The van der Waals surface area contributed by atoms with Gasteiger partial charge in [0.15, 0.2) is 17.3 Å². The Kier molecular flexibility index (Phi) is 3.87. The predicted molar refractivity (Wildman–Crippen MR) is 69.5 cm³/mol. The molecule has 1 atom stereocenters. The molecular weight excluding hydrogens is 230 g/mol.